The molecule has 1 fully saturated rings. The molecule has 0 saturated heterocycles. The summed E-state index contributed by atoms with van der Waals surface area (Å²) in [6, 6.07) is 3.89. The van der Waals surface area contributed by atoms with Crippen LogP contribution in [0, 0.1) is 5.82 Å². The number of nitrogen functional groups attached to an aromatic ring is 1. The van der Waals surface area contributed by atoms with Crippen LogP contribution in [0.15, 0.2) is 18.2 Å². The first-order valence-electron chi connectivity index (χ1n) is 7.06. The number of benzene rings is 1. The summed E-state index contributed by atoms with van der Waals surface area (Å²) >= 11 is 0. The van der Waals surface area contributed by atoms with Gasteiger partial charge in [-0.1, -0.05) is 25.7 Å². The first-order valence-corrected chi connectivity index (χ1v) is 7.06. The van der Waals surface area contributed by atoms with E-state index in [9.17, 15) is 14.3 Å². The monoisotopic (exact) mass is 280 g/mol. The maximum Gasteiger partial charge on any atom is 0.254 e. The van der Waals surface area contributed by atoms with E-state index in [1.54, 1.807) is 0 Å². The van der Waals surface area contributed by atoms with Crippen molar-refractivity contribution in [1.82, 2.24) is 5.32 Å². The average molecular weight is 280 g/mol. The molecule has 0 aliphatic heterocycles. The Morgan fingerprint density at radius 3 is 2.60 bits per heavy atom. The lowest BCUT2D eigenvalue weighted by Crippen LogP contribution is -2.42. The molecule has 0 spiro atoms. The Kier molecular flexibility index (Phi) is 4.60. The maximum absolute atomic E-state index is 13.6. The van der Waals surface area contributed by atoms with E-state index < -0.39 is 17.3 Å². The average Bonchev–Trinajstić information content (AvgIpc) is 2.64. The minimum atomic E-state index is -0.872. The van der Waals surface area contributed by atoms with E-state index in [0.29, 0.717) is 18.5 Å². The highest BCUT2D eigenvalue weighted by molar-refractivity contribution is 5.95. The molecule has 0 unspecified atom stereocenters. The molecular formula is C15H21FN2O2. The summed E-state index contributed by atoms with van der Waals surface area (Å²) in [5, 5.41) is 13.1. The summed E-state index contributed by atoms with van der Waals surface area (Å²) in [6.45, 7) is 0.153. The second-order valence-corrected chi connectivity index (χ2v) is 5.56. The number of halogens is 1. The number of rotatable bonds is 3. The zero-order chi connectivity index (χ0) is 14.6. The number of aliphatic hydroxyl groups is 1. The van der Waals surface area contributed by atoms with Gasteiger partial charge in [-0.05, 0) is 31.0 Å². The van der Waals surface area contributed by atoms with E-state index in [2.05, 4.69) is 5.32 Å². The van der Waals surface area contributed by atoms with Gasteiger partial charge in [-0.2, -0.15) is 0 Å². The highest BCUT2D eigenvalue weighted by atomic mass is 19.1. The van der Waals surface area contributed by atoms with Crippen LogP contribution in [0.4, 0.5) is 10.1 Å². The van der Waals surface area contributed by atoms with Crippen molar-refractivity contribution in [2.24, 2.45) is 0 Å². The molecule has 110 valence electrons. The fraction of sp³-hybridized carbons (Fsp3) is 0.533. The SMILES string of the molecule is Nc1ccc(F)c(C(=O)NCC2(O)CCCCCC2)c1. The van der Waals surface area contributed by atoms with Crippen molar-refractivity contribution in [2.75, 3.05) is 12.3 Å². The maximum atomic E-state index is 13.6. The third-order valence-electron chi connectivity index (χ3n) is 3.85. The Balaban J connectivity index is 1.99. The van der Waals surface area contributed by atoms with Gasteiger partial charge in [0.25, 0.3) is 5.91 Å². The Morgan fingerprint density at radius 2 is 1.95 bits per heavy atom. The zero-order valence-electron chi connectivity index (χ0n) is 11.5. The predicted molar refractivity (Wildman–Crippen MR) is 75.8 cm³/mol. The summed E-state index contributed by atoms with van der Waals surface area (Å²) in [6.07, 6.45) is 5.48. The number of carbonyl (C=O) groups excluding carboxylic acids is 1. The normalized spacial score (nSPS) is 18.3. The molecule has 1 amide bonds. The number of nitrogens with two attached hydrogens (primary N) is 1. The molecule has 0 aromatic heterocycles. The van der Waals surface area contributed by atoms with E-state index in [-0.39, 0.29) is 12.1 Å². The first-order chi connectivity index (χ1) is 9.50. The van der Waals surface area contributed by atoms with Crippen molar-refractivity contribution in [2.45, 2.75) is 44.1 Å². The van der Waals surface area contributed by atoms with Gasteiger partial charge >= 0.3 is 0 Å². The summed E-state index contributed by atoms with van der Waals surface area (Å²) in [5.41, 5.74) is 4.94. The fourth-order valence-corrected chi connectivity index (χ4v) is 2.62. The lowest BCUT2D eigenvalue weighted by atomic mass is 9.94. The van der Waals surface area contributed by atoms with E-state index >= 15 is 0 Å². The molecule has 0 radical (unpaired) electrons. The Bertz CT molecular complexity index is 483. The van der Waals surface area contributed by atoms with E-state index in [4.69, 9.17) is 5.73 Å². The molecule has 20 heavy (non-hydrogen) atoms. The number of carbonyl (C=O) groups is 1. The summed E-state index contributed by atoms with van der Waals surface area (Å²) in [4.78, 5) is 12.0. The molecule has 4 nitrogen and oxygen atoms in total. The molecule has 1 aliphatic rings. The van der Waals surface area contributed by atoms with Crippen LogP contribution in [0.3, 0.4) is 0 Å². The van der Waals surface area contributed by atoms with E-state index in [1.165, 1.54) is 18.2 Å². The highest BCUT2D eigenvalue weighted by Gasteiger charge is 2.28. The molecule has 4 N–H and O–H groups in total. The molecule has 1 aliphatic carbocycles. The van der Waals surface area contributed by atoms with Crippen molar-refractivity contribution in [3.05, 3.63) is 29.6 Å². The number of nitrogens with one attached hydrogen (secondary N) is 1. The Morgan fingerprint density at radius 1 is 1.30 bits per heavy atom. The zero-order valence-corrected chi connectivity index (χ0v) is 11.5. The fourth-order valence-electron chi connectivity index (χ4n) is 2.62. The molecule has 1 aromatic rings. The molecule has 5 heteroatoms. The molecular weight excluding hydrogens is 259 g/mol. The van der Waals surface area contributed by atoms with E-state index in [1.807, 2.05) is 0 Å². The Hall–Kier alpha value is -1.62. The smallest absolute Gasteiger partial charge is 0.254 e. The van der Waals surface area contributed by atoms with Crippen molar-refractivity contribution >= 4 is 11.6 Å². The van der Waals surface area contributed by atoms with Crippen LogP contribution in [-0.4, -0.2) is 23.2 Å². The second kappa shape index (κ2) is 6.22. The van der Waals surface area contributed by atoms with Crippen LogP contribution in [0.5, 0.6) is 0 Å². The van der Waals surface area contributed by atoms with Crippen LogP contribution in [0.2, 0.25) is 0 Å². The number of hydrogen-bond acceptors (Lipinski definition) is 3. The minimum Gasteiger partial charge on any atom is -0.399 e. The standard InChI is InChI=1S/C15H21FN2O2/c16-13-6-5-11(17)9-12(13)14(19)18-10-15(20)7-3-1-2-4-8-15/h5-6,9,20H,1-4,7-8,10,17H2,(H,18,19). The van der Waals surface area contributed by atoms with E-state index in [0.717, 1.165) is 25.7 Å². The lowest BCUT2D eigenvalue weighted by Gasteiger charge is -2.26. The Labute approximate surface area is 118 Å². The van der Waals surface area contributed by atoms with Gasteiger partial charge < -0.3 is 16.2 Å². The summed E-state index contributed by atoms with van der Waals surface area (Å²) < 4.78 is 13.6. The lowest BCUT2D eigenvalue weighted by molar-refractivity contribution is 0.0246. The van der Waals surface area contributed by atoms with Crippen LogP contribution >= 0.6 is 0 Å². The molecule has 0 heterocycles. The summed E-state index contributed by atoms with van der Waals surface area (Å²) in [7, 11) is 0. The predicted octanol–water partition coefficient (Wildman–Crippen LogP) is 2.22. The van der Waals surface area contributed by atoms with Crippen molar-refractivity contribution in [3.63, 3.8) is 0 Å². The molecule has 0 bridgehead atoms. The van der Waals surface area contributed by atoms with Gasteiger partial charge in [0.1, 0.15) is 5.82 Å². The van der Waals surface area contributed by atoms with Crippen LogP contribution in [-0.2, 0) is 0 Å². The molecule has 2 rings (SSSR count). The topological polar surface area (TPSA) is 75.4 Å². The van der Waals surface area contributed by atoms with Crippen LogP contribution in [0.25, 0.3) is 0 Å². The quantitative estimate of drug-likeness (QED) is 0.587. The van der Waals surface area contributed by atoms with Crippen molar-refractivity contribution in [1.29, 1.82) is 0 Å². The molecule has 1 saturated carbocycles. The summed E-state index contributed by atoms with van der Waals surface area (Å²) in [5.74, 6) is -1.14. The largest absolute Gasteiger partial charge is 0.399 e. The van der Waals surface area contributed by atoms with Gasteiger partial charge in [-0.25, -0.2) is 4.39 Å². The number of amides is 1. The first kappa shape index (κ1) is 14.8. The number of anilines is 1. The van der Waals surface area contributed by atoms with Gasteiger partial charge in [0, 0.05) is 12.2 Å². The molecule has 0 atom stereocenters. The van der Waals surface area contributed by atoms with Crippen LogP contribution in [0.1, 0.15) is 48.9 Å². The van der Waals surface area contributed by atoms with Gasteiger partial charge in [0.15, 0.2) is 0 Å². The highest BCUT2D eigenvalue weighted by Crippen LogP contribution is 2.26. The minimum absolute atomic E-state index is 0.0813. The van der Waals surface area contributed by atoms with Crippen LogP contribution < -0.4 is 11.1 Å². The third-order valence-corrected chi connectivity index (χ3v) is 3.85. The number of hydrogen-bond donors (Lipinski definition) is 3. The van der Waals surface area contributed by atoms with Gasteiger partial charge in [-0.15, -0.1) is 0 Å². The van der Waals surface area contributed by atoms with Gasteiger partial charge in [0.05, 0.1) is 11.2 Å². The molecule has 1 aromatic carbocycles. The third kappa shape index (κ3) is 3.70. The second-order valence-electron chi connectivity index (χ2n) is 5.56. The van der Waals surface area contributed by atoms with Gasteiger partial charge in [0.2, 0.25) is 0 Å². The van der Waals surface area contributed by atoms with Crippen molar-refractivity contribution < 1.29 is 14.3 Å². The van der Waals surface area contributed by atoms with Crippen molar-refractivity contribution in [3.8, 4) is 0 Å². The van der Waals surface area contributed by atoms with Gasteiger partial charge in [-0.3, -0.25) is 4.79 Å².